The van der Waals surface area contributed by atoms with Crippen LogP contribution in [-0.4, -0.2) is 11.3 Å². The molecule has 2 nitrogen and oxygen atoms in total. The van der Waals surface area contributed by atoms with Gasteiger partial charge in [-0.3, -0.25) is 0 Å². The van der Waals surface area contributed by atoms with Gasteiger partial charge in [-0.2, -0.15) is 0 Å². The van der Waals surface area contributed by atoms with Gasteiger partial charge in [-0.15, -0.1) is 0 Å². The van der Waals surface area contributed by atoms with E-state index in [0.717, 1.165) is 5.71 Å². The summed E-state index contributed by atoms with van der Waals surface area (Å²) in [5.74, 6) is 0. The zero-order valence-electron chi connectivity index (χ0n) is 4.26. The van der Waals surface area contributed by atoms with Crippen LogP contribution in [0.25, 0.3) is 0 Å². The SMILES string of the molecule is CC(C)=NO[C]=S. The third kappa shape index (κ3) is 5.56. The Morgan fingerprint density at radius 1 is 1.71 bits per heavy atom. The van der Waals surface area contributed by atoms with Gasteiger partial charge in [0.05, 0.1) is 5.71 Å². The number of hydrogen-bond acceptors (Lipinski definition) is 3. The maximum Gasteiger partial charge on any atom is 0.278 e. The van der Waals surface area contributed by atoms with Gasteiger partial charge < -0.3 is 4.84 Å². The molecule has 0 saturated carbocycles. The fraction of sp³-hybridized carbons (Fsp3) is 0.500. The van der Waals surface area contributed by atoms with Gasteiger partial charge in [0.1, 0.15) is 0 Å². The van der Waals surface area contributed by atoms with Gasteiger partial charge in [-0.05, 0) is 26.1 Å². The summed E-state index contributed by atoms with van der Waals surface area (Å²) in [5, 5.41) is 3.44. The van der Waals surface area contributed by atoms with Crippen molar-refractivity contribution in [3.05, 3.63) is 0 Å². The molecular formula is C4H6NOS. The Labute approximate surface area is 48.2 Å². The van der Waals surface area contributed by atoms with E-state index in [1.54, 1.807) is 0 Å². The summed E-state index contributed by atoms with van der Waals surface area (Å²) < 4.78 is 0. The smallest absolute Gasteiger partial charge is 0.278 e. The minimum atomic E-state index is 0.831. The molecule has 0 heterocycles. The van der Waals surface area contributed by atoms with Crippen molar-refractivity contribution in [2.45, 2.75) is 13.8 Å². The van der Waals surface area contributed by atoms with Gasteiger partial charge >= 0.3 is 0 Å². The number of hydrogen-bond donors (Lipinski definition) is 0. The maximum absolute atomic E-state index is 4.25. The van der Waals surface area contributed by atoms with Crippen LogP contribution in [0, 0.1) is 0 Å². The summed E-state index contributed by atoms with van der Waals surface area (Å²) >= 11 is 4.19. The van der Waals surface area contributed by atoms with Crippen molar-refractivity contribution in [3.63, 3.8) is 0 Å². The van der Waals surface area contributed by atoms with Crippen LogP contribution in [0.3, 0.4) is 0 Å². The van der Waals surface area contributed by atoms with Gasteiger partial charge in [0.25, 0.3) is 5.55 Å². The van der Waals surface area contributed by atoms with Crippen LogP contribution in [0.15, 0.2) is 5.16 Å². The van der Waals surface area contributed by atoms with Crippen LogP contribution in [0.5, 0.6) is 0 Å². The Kier molecular flexibility index (Phi) is 3.50. The second-order valence-electron chi connectivity index (χ2n) is 1.21. The Balaban J connectivity index is 3.25. The van der Waals surface area contributed by atoms with Crippen LogP contribution in [-0.2, 0) is 4.84 Å². The van der Waals surface area contributed by atoms with Crippen LogP contribution >= 0.6 is 12.2 Å². The van der Waals surface area contributed by atoms with E-state index in [1.165, 1.54) is 0 Å². The van der Waals surface area contributed by atoms with Crippen molar-refractivity contribution in [2.75, 3.05) is 0 Å². The average molecular weight is 116 g/mol. The highest BCUT2D eigenvalue weighted by Gasteiger charge is 1.72. The highest BCUT2D eigenvalue weighted by molar-refractivity contribution is 7.78. The van der Waals surface area contributed by atoms with E-state index in [4.69, 9.17) is 0 Å². The number of oxime groups is 1. The second kappa shape index (κ2) is 3.74. The maximum atomic E-state index is 4.25. The fourth-order valence-corrected chi connectivity index (χ4v) is 0.147. The zero-order valence-corrected chi connectivity index (χ0v) is 5.08. The first-order valence-electron chi connectivity index (χ1n) is 1.81. The van der Waals surface area contributed by atoms with E-state index in [9.17, 15) is 0 Å². The van der Waals surface area contributed by atoms with Crippen molar-refractivity contribution in [1.29, 1.82) is 0 Å². The van der Waals surface area contributed by atoms with E-state index < -0.39 is 0 Å². The first kappa shape index (κ1) is 6.56. The lowest BCUT2D eigenvalue weighted by atomic mass is 10.5. The molecule has 0 aliphatic carbocycles. The molecule has 0 aromatic carbocycles. The molecule has 0 fully saturated rings. The average Bonchev–Trinajstić information content (AvgIpc) is 1.61. The van der Waals surface area contributed by atoms with E-state index in [0.29, 0.717) is 0 Å². The Bertz CT molecular complexity index is 85.7. The van der Waals surface area contributed by atoms with E-state index in [-0.39, 0.29) is 0 Å². The lowest BCUT2D eigenvalue weighted by molar-refractivity contribution is 0.352. The number of thiocarbonyl (C=S) groups is 1. The standard InChI is InChI=1S/C4H6NOS/c1-4(2)5-6-3-7/h1-2H3. The summed E-state index contributed by atoms with van der Waals surface area (Å²) in [4.78, 5) is 4.25. The van der Waals surface area contributed by atoms with Crippen LogP contribution in [0.2, 0.25) is 0 Å². The molecular weight excluding hydrogens is 110 g/mol. The molecule has 0 amide bonds. The molecule has 7 heavy (non-hydrogen) atoms. The molecule has 0 unspecified atom stereocenters. The molecule has 0 aliphatic heterocycles. The summed E-state index contributed by atoms with van der Waals surface area (Å²) in [5.41, 5.74) is 2.83. The summed E-state index contributed by atoms with van der Waals surface area (Å²) in [6, 6.07) is 0. The largest absolute Gasteiger partial charge is 0.340 e. The topological polar surface area (TPSA) is 21.6 Å². The van der Waals surface area contributed by atoms with Crippen molar-refractivity contribution in [1.82, 2.24) is 0 Å². The molecule has 3 heteroatoms. The van der Waals surface area contributed by atoms with Gasteiger partial charge in [0.15, 0.2) is 0 Å². The van der Waals surface area contributed by atoms with Gasteiger partial charge in [0.2, 0.25) is 0 Å². The van der Waals surface area contributed by atoms with Crippen molar-refractivity contribution in [2.24, 2.45) is 5.16 Å². The molecule has 0 saturated heterocycles. The molecule has 0 rings (SSSR count). The highest BCUT2D eigenvalue weighted by atomic mass is 32.1. The minimum Gasteiger partial charge on any atom is -0.340 e. The highest BCUT2D eigenvalue weighted by Crippen LogP contribution is 1.73. The van der Waals surface area contributed by atoms with E-state index in [1.807, 2.05) is 19.4 Å². The molecule has 0 aromatic heterocycles. The van der Waals surface area contributed by atoms with Crippen molar-refractivity contribution >= 4 is 23.5 Å². The van der Waals surface area contributed by atoms with Crippen LogP contribution in [0.1, 0.15) is 13.8 Å². The van der Waals surface area contributed by atoms with Crippen LogP contribution in [0.4, 0.5) is 0 Å². The monoisotopic (exact) mass is 116 g/mol. The van der Waals surface area contributed by atoms with E-state index in [2.05, 4.69) is 22.2 Å². The normalized spacial score (nSPS) is 7.14. The second-order valence-corrected chi connectivity index (χ2v) is 1.38. The quantitative estimate of drug-likeness (QED) is 0.307. The molecule has 39 valence electrons. The van der Waals surface area contributed by atoms with E-state index >= 15 is 0 Å². The lowest BCUT2D eigenvalue weighted by Crippen LogP contribution is -1.81. The fourth-order valence-electron chi connectivity index (χ4n) is 0.110. The lowest BCUT2D eigenvalue weighted by Gasteiger charge is -1.82. The summed E-state index contributed by atoms with van der Waals surface area (Å²) in [6.07, 6.45) is 0. The van der Waals surface area contributed by atoms with Crippen LogP contribution < -0.4 is 0 Å². The molecule has 1 radical (unpaired) electrons. The Hall–Kier alpha value is -0.440. The number of rotatable bonds is 2. The van der Waals surface area contributed by atoms with Gasteiger partial charge in [-0.1, -0.05) is 5.16 Å². The molecule has 0 bridgehead atoms. The minimum absolute atomic E-state index is 0.831. The predicted molar refractivity (Wildman–Crippen MR) is 32.5 cm³/mol. The first-order chi connectivity index (χ1) is 3.27. The van der Waals surface area contributed by atoms with Gasteiger partial charge in [-0.25, -0.2) is 0 Å². The zero-order chi connectivity index (χ0) is 5.70. The van der Waals surface area contributed by atoms with Crippen molar-refractivity contribution < 1.29 is 4.84 Å². The molecule has 0 N–H and O–H groups in total. The third-order valence-corrected chi connectivity index (χ3v) is 0.340. The Morgan fingerprint density at radius 2 is 2.29 bits per heavy atom. The van der Waals surface area contributed by atoms with Crippen molar-refractivity contribution in [3.8, 4) is 0 Å². The first-order valence-corrected chi connectivity index (χ1v) is 2.22. The predicted octanol–water partition coefficient (Wildman–Crippen LogP) is 1.23. The molecule has 0 aromatic rings. The Morgan fingerprint density at radius 3 is 2.43 bits per heavy atom. The molecule has 0 aliphatic rings. The summed E-state index contributed by atoms with van der Waals surface area (Å²) in [6.45, 7) is 3.62. The molecule has 0 atom stereocenters. The summed E-state index contributed by atoms with van der Waals surface area (Å²) in [7, 11) is 0. The number of nitrogens with zero attached hydrogens (tertiary/aromatic N) is 1. The third-order valence-electron chi connectivity index (χ3n) is 0.265. The molecule has 0 spiro atoms. The van der Waals surface area contributed by atoms with Gasteiger partial charge in [0, 0.05) is 0 Å².